The quantitative estimate of drug-likeness (QED) is 0.605. The van der Waals surface area contributed by atoms with Crippen molar-refractivity contribution < 1.29 is 0 Å². The smallest absolute Gasteiger partial charge is 0.158 e. The third kappa shape index (κ3) is 2.25. The number of aromatic nitrogens is 1. The molecule has 1 aromatic heterocycles. The van der Waals surface area contributed by atoms with Crippen LogP contribution in [0.1, 0.15) is 11.1 Å². The molecule has 1 aromatic carbocycles. The van der Waals surface area contributed by atoms with E-state index >= 15 is 0 Å². The van der Waals surface area contributed by atoms with Gasteiger partial charge in [-0.3, -0.25) is 0 Å². The first kappa shape index (κ1) is 11.1. The van der Waals surface area contributed by atoms with Crippen molar-refractivity contribution >= 4 is 5.82 Å². The number of hydrazine groups is 1. The third-order valence-electron chi connectivity index (χ3n) is 2.47. The molecule has 0 aliphatic heterocycles. The monoisotopic (exact) mass is 224 g/mol. The van der Waals surface area contributed by atoms with Gasteiger partial charge in [0, 0.05) is 5.56 Å². The molecule has 0 aliphatic rings. The average molecular weight is 224 g/mol. The van der Waals surface area contributed by atoms with Crippen LogP contribution >= 0.6 is 0 Å². The van der Waals surface area contributed by atoms with E-state index in [9.17, 15) is 0 Å². The van der Waals surface area contributed by atoms with Gasteiger partial charge in [-0.1, -0.05) is 23.8 Å². The molecule has 2 aromatic rings. The number of aryl methyl sites for hydroxylation is 1. The number of nitriles is 1. The standard InChI is InChI=1S/C13H12N4/c1-9-3-2-4-10(7-9)12-6-5-11(8-14)13(16-12)17-15/h2-7H,15H2,1H3,(H,16,17). The van der Waals surface area contributed by atoms with Gasteiger partial charge in [-0.15, -0.1) is 0 Å². The van der Waals surface area contributed by atoms with Gasteiger partial charge in [0.2, 0.25) is 0 Å². The maximum Gasteiger partial charge on any atom is 0.158 e. The van der Waals surface area contributed by atoms with Crippen LogP contribution in [0.15, 0.2) is 36.4 Å². The van der Waals surface area contributed by atoms with Crippen LogP contribution in [0.4, 0.5) is 5.82 Å². The number of hydrogen-bond donors (Lipinski definition) is 2. The first-order chi connectivity index (χ1) is 8.24. The number of rotatable bonds is 2. The molecule has 0 radical (unpaired) electrons. The van der Waals surface area contributed by atoms with Gasteiger partial charge in [0.15, 0.2) is 5.82 Å². The van der Waals surface area contributed by atoms with Gasteiger partial charge in [0.1, 0.15) is 6.07 Å². The van der Waals surface area contributed by atoms with Crippen LogP contribution in [0.3, 0.4) is 0 Å². The Labute approximate surface area is 99.7 Å². The highest BCUT2D eigenvalue weighted by Crippen LogP contribution is 2.21. The predicted molar refractivity (Wildman–Crippen MR) is 66.9 cm³/mol. The molecule has 17 heavy (non-hydrogen) atoms. The van der Waals surface area contributed by atoms with E-state index in [1.165, 1.54) is 0 Å². The van der Waals surface area contributed by atoms with Gasteiger partial charge in [-0.05, 0) is 25.1 Å². The molecule has 3 N–H and O–H groups in total. The third-order valence-corrected chi connectivity index (χ3v) is 2.47. The highest BCUT2D eigenvalue weighted by molar-refractivity contribution is 5.65. The molecule has 0 amide bonds. The summed E-state index contributed by atoms with van der Waals surface area (Å²) in [4.78, 5) is 4.31. The molecule has 0 aliphatic carbocycles. The lowest BCUT2D eigenvalue weighted by Gasteiger charge is -2.06. The van der Waals surface area contributed by atoms with Crippen molar-refractivity contribution in [2.75, 3.05) is 5.43 Å². The molecule has 0 unspecified atom stereocenters. The Morgan fingerprint density at radius 1 is 1.29 bits per heavy atom. The zero-order valence-electron chi connectivity index (χ0n) is 9.44. The summed E-state index contributed by atoms with van der Waals surface area (Å²) in [5, 5.41) is 8.87. The minimum atomic E-state index is 0.395. The summed E-state index contributed by atoms with van der Waals surface area (Å²) in [5.74, 6) is 5.73. The van der Waals surface area contributed by atoms with Crippen LogP contribution in [0.25, 0.3) is 11.3 Å². The van der Waals surface area contributed by atoms with E-state index in [0.29, 0.717) is 11.4 Å². The Balaban J connectivity index is 2.51. The van der Waals surface area contributed by atoms with E-state index in [1.54, 1.807) is 6.07 Å². The fourth-order valence-electron chi connectivity index (χ4n) is 1.62. The summed E-state index contributed by atoms with van der Waals surface area (Å²) in [6.45, 7) is 2.02. The van der Waals surface area contributed by atoms with E-state index < -0.39 is 0 Å². The number of anilines is 1. The molecule has 0 bridgehead atoms. The minimum Gasteiger partial charge on any atom is -0.307 e. The number of benzene rings is 1. The van der Waals surface area contributed by atoms with Crippen LogP contribution in [-0.4, -0.2) is 4.98 Å². The Morgan fingerprint density at radius 2 is 2.12 bits per heavy atom. The zero-order chi connectivity index (χ0) is 12.3. The summed E-state index contributed by atoms with van der Waals surface area (Å²) in [6.07, 6.45) is 0. The second-order valence-electron chi connectivity index (χ2n) is 3.72. The molecule has 0 atom stereocenters. The molecule has 0 spiro atoms. The molecule has 0 saturated carbocycles. The molecule has 4 nitrogen and oxygen atoms in total. The fraction of sp³-hybridized carbons (Fsp3) is 0.0769. The lowest BCUT2D eigenvalue weighted by molar-refractivity contribution is 1.21. The largest absolute Gasteiger partial charge is 0.307 e. The molecule has 1 heterocycles. The van der Waals surface area contributed by atoms with Gasteiger partial charge in [0.05, 0.1) is 11.3 Å². The van der Waals surface area contributed by atoms with Gasteiger partial charge in [-0.2, -0.15) is 5.26 Å². The maximum atomic E-state index is 8.87. The molecule has 0 fully saturated rings. The number of hydrogen-bond acceptors (Lipinski definition) is 4. The number of nitrogens with two attached hydrogens (primary N) is 1. The van der Waals surface area contributed by atoms with Crippen molar-refractivity contribution in [2.24, 2.45) is 5.84 Å². The van der Waals surface area contributed by atoms with Crippen LogP contribution in [0, 0.1) is 18.3 Å². The van der Waals surface area contributed by atoms with Crippen molar-refractivity contribution in [2.45, 2.75) is 6.92 Å². The van der Waals surface area contributed by atoms with Crippen LogP contribution in [0.2, 0.25) is 0 Å². The lowest BCUT2D eigenvalue weighted by Crippen LogP contribution is -2.10. The molecule has 0 saturated heterocycles. The SMILES string of the molecule is Cc1cccc(-c2ccc(C#N)c(NN)n2)c1. The predicted octanol–water partition coefficient (Wildman–Crippen LogP) is 2.21. The summed E-state index contributed by atoms with van der Waals surface area (Å²) >= 11 is 0. The molecule has 2 rings (SSSR count). The second-order valence-corrected chi connectivity index (χ2v) is 3.72. The first-order valence-corrected chi connectivity index (χ1v) is 5.19. The molecule has 84 valence electrons. The van der Waals surface area contributed by atoms with E-state index in [4.69, 9.17) is 11.1 Å². The number of nitrogen functional groups attached to an aromatic ring is 1. The van der Waals surface area contributed by atoms with Crippen LogP contribution < -0.4 is 11.3 Å². The fourth-order valence-corrected chi connectivity index (χ4v) is 1.62. The number of nitrogens with zero attached hydrogens (tertiary/aromatic N) is 2. The van der Waals surface area contributed by atoms with Gasteiger partial charge in [0.25, 0.3) is 0 Å². The topological polar surface area (TPSA) is 74.7 Å². The van der Waals surface area contributed by atoms with Crippen molar-refractivity contribution in [3.8, 4) is 17.3 Å². The van der Waals surface area contributed by atoms with E-state index in [2.05, 4.69) is 10.4 Å². The first-order valence-electron chi connectivity index (χ1n) is 5.19. The molecular formula is C13H12N4. The van der Waals surface area contributed by atoms with Crippen molar-refractivity contribution in [3.63, 3.8) is 0 Å². The zero-order valence-corrected chi connectivity index (χ0v) is 9.44. The van der Waals surface area contributed by atoms with E-state index in [0.717, 1.165) is 16.8 Å². The van der Waals surface area contributed by atoms with Crippen molar-refractivity contribution in [1.29, 1.82) is 5.26 Å². The normalized spacial score (nSPS) is 9.71. The highest BCUT2D eigenvalue weighted by Gasteiger charge is 2.05. The van der Waals surface area contributed by atoms with E-state index in [-0.39, 0.29) is 0 Å². The van der Waals surface area contributed by atoms with Crippen LogP contribution in [0.5, 0.6) is 0 Å². The second kappa shape index (κ2) is 4.64. The Hall–Kier alpha value is -2.38. The molecular weight excluding hydrogens is 212 g/mol. The maximum absolute atomic E-state index is 8.87. The highest BCUT2D eigenvalue weighted by atomic mass is 15.2. The van der Waals surface area contributed by atoms with Gasteiger partial charge >= 0.3 is 0 Å². The van der Waals surface area contributed by atoms with Gasteiger partial charge < -0.3 is 5.43 Å². The van der Waals surface area contributed by atoms with Gasteiger partial charge in [-0.25, -0.2) is 10.8 Å². The minimum absolute atomic E-state index is 0.395. The summed E-state index contributed by atoms with van der Waals surface area (Å²) in [5.41, 5.74) is 5.83. The summed E-state index contributed by atoms with van der Waals surface area (Å²) < 4.78 is 0. The number of pyridine rings is 1. The average Bonchev–Trinajstić information content (AvgIpc) is 2.38. The summed E-state index contributed by atoms with van der Waals surface area (Å²) in [6, 6.07) is 13.6. The number of nitrogens with one attached hydrogen (secondary N) is 1. The Kier molecular flexibility index (Phi) is 3.03. The van der Waals surface area contributed by atoms with Crippen molar-refractivity contribution in [3.05, 3.63) is 47.5 Å². The summed E-state index contributed by atoms with van der Waals surface area (Å²) in [7, 11) is 0. The Bertz CT molecular complexity index is 584. The molecule has 4 heteroatoms. The van der Waals surface area contributed by atoms with Crippen molar-refractivity contribution in [1.82, 2.24) is 4.98 Å². The lowest BCUT2D eigenvalue weighted by atomic mass is 10.1. The van der Waals surface area contributed by atoms with Crippen LogP contribution in [-0.2, 0) is 0 Å². The Morgan fingerprint density at radius 3 is 2.76 bits per heavy atom. The van der Waals surface area contributed by atoms with E-state index in [1.807, 2.05) is 43.3 Å².